The van der Waals surface area contributed by atoms with Crippen molar-refractivity contribution >= 4 is 15.7 Å². The van der Waals surface area contributed by atoms with Gasteiger partial charge in [0, 0.05) is 12.1 Å². The average Bonchev–Trinajstić information content (AvgIpc) is 3.08. The number of sulfone groups is 1. The van der Waals surface area contributed by atoms with Crippen LogP contribution in [0, 0.1) is 0 Å². The van der Waals surface area contributed by atoms with Crippen molar-refractivity contribution in [2.75, 3.05) is 6.54 Å². The molecule has 126 valence electrons. The molecule has 3 rings (SSSR count). The van der Waals surface area contributed by atoms with Gasteiger partial charge in [0.2, 0.25) is 0 Å². The summed E-state index contributed by atoms with van der Waals surface area (Å²) in [4.78, 5) is 12.4. The monoisotopic (exact) mass is 345 g/mol. The van der Waals surface area contributed by atoms with Crippen LogP contribution in [0.3, 0.4) is 0 Å². The molecule has 2 aromatic carbocycles. The van der Waals surface area contributed by atoms with Gasteiger partial charge in [-0.05, 0) is 30.2 Å². The summed E-state index contributed by atoms with van der Waals surface area (Å²) in [6.07, 6.45) is 0.625. The van der Waals surface area contributed by atoms with Crippen LogP contribution in [0.25, 0.3) is 0 Å². The fourth-order valence-corrected chi connectivity index (χ4v) is 3.93. The maximum Gasteiger partial charge on any atom is 0.252 e. The molecular weight excluding hydrogens is 326 g/mol. The van der Waals surface area contributed by atoms with E-state index < -0.39 is 9.84 Å². The van der Waals surface area contributed by atoms with Crippen molar-refractivity contribution in [3.63, 3.8) is 0 Å². The Morgan fingerprint density at radius 3 is 2.62 bits per heavy atom. The molecule has 0 bridgehead atoms. The Hall–Kier alpha value is -2.22. The lowest BCUT2D eigenvalue weighted by atomic mass is 10.2. The van der Waals surface area contributed by atoms with Crippen LogP contribution in [0.15, 0.2) is 59.5 Å². The van der Waals surface area contributed by atoms with Crippen molar-refractivity contribution in [3.8, 4) is 0 Å². The molecule has 0 saturated carbocycles. The number of carbonyl (C=O) groups is 1. The largest absolute Gasteiger partial charge is 0.335 e. The van der Waals surface area contributed by atoms with Crippen molar-refractivity contribution in [2.24, 2.45) is 0 Å². The smallest absolute Gasteiger partial charge is 0.252 e. The van der Waals surface area contributed by atoms with Gasteiger partial charge in [0.25, 0.3) is 5.91 Å². The molecule has 0 aromatic heterocycles. The third kappa shape index (κ3) is 4.00. The molecule has 1 unspecified atom stereocenters. The van der Waals surface area contributed by atoms with Crippen LogP contribution in [0.1, 0.15) is 22.3 Å². The molecule has 1 fully saturated rings. The second-order valence-electron chi connectivity index (χ2n) is 5.66. The van der Waals surface area contributed by atoms with Crippen LogP contribution in [0.4, 0.5) is 0 Å². The van der Waals surface area contributed by atoms with Gasteiger partial charge in [0.15, 0.2) is 9.84 Å². The number of rotatable bonds is 5. The molecule has 7 heteroatoms. The highest BCUT2D eigenvalue weighted by atomic mass is 32.2. The van der Waals surface area contributed by atoms with E-state index in [9.17, 15) is 13.2 Å². The number of carbonyl (C=O) groups excluding carboxylic acids is 1. The van der Waals surface area contributed by atoms with Gasteiger partial charge in [0.1, 0.15) is 0 Å². The molecule has 0 aliphatic carbocycles. The zero-order valence-electron chi connectivity index (χ0n) is 13.0. The second kappa shape index (κ2) is 7.12. The Bertz CT molecular complexity index is 816. The predicted molar refractivity (Wildman–Crippen MR) is 90.8 cm³/mol. The molecule has 1 atom stereocenters. The van der Waals surface area contributed by atoms with E-state index in [1.165, 1.54) is 12.1 Å². The minimum atomic E-state index is -3.50. The minimum absolute atomic E-state index is 0.0903. The van der Waals surface area contributed by atoms with Gasteiger partial charge < -0.3 is 5.32 Å². The van der Waals surface area contributed by atoms with E-state index in [0.29, 0.717) is 11.1 Å². The first-order chi connectivity index (χ1) is 11.5. The number of hydrazine groups is 1. The Kier molecular flexibility index (Phi) is 4.94. The molecule has 1 aliphatic heterocycles. The normalized spacial score (nSPS) is 17.6. The van der Waals surface area contributed by atoms with Crippen LogP contribution < -0.4 is 16.2 Å². The van der Waals surface area contributed by atoms with Gasteiger partial charge >= 0.3 is 0 Å². The first-order valence-corrected chi connectivity index (χ1v) is 9.36. The van der Waals surface area contributed by atoms with E-state index in [0.717, 1.165) is 13.0 Å². The van der Waals surface area contributed by atoms with Gasteiger partial charge in [-0.3, -0.25) is 10.2 Å². The lowest BCUT2D eigenvalue weighted by Crippen LogP contribution is -2.44. The highest BCUT2D eigenvalue weighted by Gasteiger charge is 2.20. The molecule has 1 heterocycles. The molecule has 6 nitrogen and oxygen atoms in total. The number of benzene rings is 2. The third-order valence-corrected chi connectivity index (χ3v) is 5.48. The standard InChI is InChI=1S/C17H19N3O3S/c21-17(19-16-9-10-18-20-16)14-7-4-8-15(11-14)24(22,23)12-13-5-2-1-3-6-13/h1-8,11,16,18,20H,9-10,12H2,(H,19,21). The van der Waals surface area contributed by atoms with Crippen molar-refractivity contribution in [1.82, 2.24) is 16.2 Å². The Morgan fingerprint density at radius 2 is 1.92 bits per heavy atom. The second-order valence-corrected chi connectivity index (χ2v) is 7.65. The topological polar surface area (TPSA) is 87.3 Å². The average molecular weight is 345 g/mol. The Balaban J connectivity index is 1.77. The fraction of sp³-hybridized carbons (Fsp3) is 0.235. The molecule has 0 radical (unpaired) electrons. The van der Waals surface area contributed by atoms with Crippen molar-refractivity contribution < 1.29 is 13.2 Å². The zero-order valence-corrected chi connectivity index (χ0v) is 13.8. The summed E-state index contributed by atoms with van der Waals surface area (Å²) >= 11 is 0. The van der Waals surface area contributed by atoms with E-state index in [4.69, 9.17) is 0 Å². The summed E-state index contributed by atoms with van der Waals surface area (Å²) in [5.41, 5.74) is 6.91. The van der Waals surface area contributed by atoms with Crippen molar-refractivity contribution in [2.45, 2.75) is 23.2 Å². The van der Waals surface area contributed by atoms with Crippen LogP contribution in [0.5, 0.6) is 0 Å². The van der Waals surface area contributed by atoms with Gasteiger partial charge in [0.05, 0.1) is 16.8 Å². The number of hydrogen-bond donors (Lipinski definition) is 3. The minimum Gasteiger partial charge on any atom is -0.335 e. The van der Waals surface area contributed by atoms with E-state index in [-0.39, 0.29) is 22.7 Å². The number of nitrogens with one attached hydrogen (secondary N) is 3. The van der Waals surface area contributed by atoms with Gasteiger partial charge in [-0.2, -0.15) is 0 Å². The summed E-state index contributed by atoms with van der Waals surface area (Å²) in [7, 11) is -3.50. The van der Waals surface area contributed by atoms with Crippen LogP contribution in [-0.4, -0.2) is 27.0 Å². The lowest BCUT2D eigenvalue weighted by molar-refractivity contribution is 0.0932. The van der Waals surface area contributed by atoms with Crippen LogP contribution >= 0.6 is 0 Å². The van der Waals surface area contributed by atoms with Crippen LogP contribution in [0.2, 0.25) is 0 Å². The zero-order chi connectivity index (χ0) is 17.0. The highest BCUT2D eigenvalue weighted by molar-refractivity contribution is 7.90. The van der Waals surface area contributed by atoms with E-state index in [1.54, 1.807) is 36.4 Å². The van der Waals surface area contributed by atoms with Gasteiger partial charge in [-0.1, -0.05) is 36.4 Å². The molecule has 2 aromatic rings. The summed E-state index contributed by atoms with van der Waals surface area (Å²) in [6, 6.07) is 15.1. The summed E-state index contributed by atoms with van der Waals surface area (Å²) < 4.78 is 25.1. The molecule has 0 spiro atoms. The van der Waals surface area contributed by atoms with E-state index >= 15 is 0 Å². The maximum absolute atomic E-state index is 12.6. The maximum atomic E-state index is 12.6. The lowest BCUT2D eigenvalue weighted by Gasteiger charge is -2.12. The number of amides is 1. The van der Waals surface area contributed by atoms with E-state index in [1.807, 2.05) is 6.07 Å². The third-order valence-electron chi connectivity index (χ3n) is 3.79. The van der Waals surface area contributed by atoms with Gasteiger partial charge in [-0.15, -0.1) is 0 Å². The Labute approximate surface area is 141 Å². The molecule has 24 heavy (non-hydrogen) atoms. The summed E-state index contributed by atoms with van der Waals surface area (Å²) in [5.74, 6) is -0.388. The fourth-order valence-electron chi connectivity index (χ4n) is 2.54. The molecule has 1 aliphatic rings. The summed E-state index contributed by atoms with van der Waals surface area (Å²) in [5, 5.41) is 2.82. The van der Waals surface area contributed by atoms with E-state index in [2.05, 4.69) is 16.2 Å². The predicted octanol–water partition coefficient (Wildman–Crippen LogP) is 1.21. The number of hydrogen-bond acceptors (Lipinski definition) is 5. The molecule has 3 N–H and O–H groups in total. The first kappa shape index (κ1) is 16.6. The molecular formula is C17H19N3O3S. The summed E-state index contributed by atoms with van der Waals surface area (Å²) in [6.45, 7) is 0.774. The van der Waals surface area contributed by atoms with Crippen LogP contribution in [-0.2, 0) is 15.6 Å². The van der Waals surface area contributed by atoms with Crippen molar-refractivity contribution in [1.29, 1.82) is 0 Å². The van der Waals surface area contributed by atoms with Gasteiger partial charge in [-0.25, -0.2) is 13.8 Å². The SMILES string of the molecule is O=C(NC1CCNN1)c1cccc(S(=O)(=O)Cc2ccccc2)c1. The van der Waals surface area contributed by atoms with Crippen molar-refractivity contribution in [3.05, 3.63) is 65.7 Å². The molecule has 1 saturated heterocycles. The quantitative estimate of drug-likeness (QED) is 0.758. The Morgan fingerprint density at radius 1 is 1.12 bits per heavy atom. The highest BCUT2D eigenvalue weighted by Crippen LogP contribution is 2.18. The first-order valence-electron chi connectivity index (χ1n) is 7.71. The molecule has 1 amide bonds.